The van der Waals surface area contributed by atoms with E-state index in [0.29, 0.717) is 5.92 Å². The van der Waals surface area contributed by atoms with Gasteiger partial charge in [-0.25, -0.2) is 4.79 Å². The number of aromatic amines is 1. The molecule has 1 amide bonds. The highest BCUT2D eigenvalue weighted by Crippen LogP contribution is 2.34. The van der Waals surface area contributed by atoms with Crippen molar-refractivity contribution in [3.63, 3.8) is 0 Å². The van der Waals surface area contributed by atoms with Gasteiger partial charge in [0.1, 0.15) is 5.60 Å². The van der Waals surface area contributed by atoms with Crippen molar-refractivity contribution in [2.24, 2.45) is 0 Å². The number of rotatable bonds is 1. The molecule has 4 nitrogen and oxygen atoms in total. The molecule has 112 valence electrons. The SMILES string of the molecule is CC(C)(C)OC(=O)N1CC(c2c[nH]c3cc(Br)ccc23)C1. The van der Waals surface area contributed by atoms with Gasteiger partial charge in [-0.3, -0.25) is 0 Å². The first kappa shape index (κ1) is 14.4. The summed E-state index contributed by atoms with van der Waals surface area (Å²) >= 11 is 3.48. The monoisotopic (exact) mass is 350 g/mol. The van der Waals surface area contributed by atoms with Crippen LogP contribution in [0.15, 0.2) is 28.9 Å². The second-order valence-electron chi connectivity index (χ2n) is 6.52. The number of aromatic nitrogens is 1. The van der Waals surface area contributed by atoms with Crippen LogP contribution in [0, 0.1) is 0 Å². The molecule has 0 radical (unpaired) electrons. The summed E-state index contributed by atoms with van der Waals surface area (Å²) in [5.41, 5.74) is 1.96. The zero-order valence-corrected chi connectivity index (χ0v) is 14.0. The fourth-order valence-corrected chi connectivity index (χ4v) is 2.97. The van der Waals surface area contributed by atoms with Crippen LogP contribution in [0.2, 0.25) is 0 Å². The molecule has 2 aromatic rings. The average molecular weight is 351 g/mol. The van der Waals surface area contributed by atoms with Crippen LogP contribution >= 0.6 is 15.9 Å². The van der Waals surface area contributed by atoms with Gasteiger partial charge in [-0.05, 0) is 38.5 Å². The number of benzene rings is 1. The molecular formula is C16H19BrN2O2. The van der Waals surface area contributed by atoms with E-state index in [1.807, 2.05) is 33.0 Å². The smallest absolute Gasteiger partial charge is 0.410 e. The average Bonchev–Trinajstić information content (AvgIpc) is 2.67. The topological polar surface area (TPSA) is 45.3 Å². The highest BCUT2D eigenvalue weighted by molar-refractivity contribution is 9.10. The fraction of sp³-hybridized carbons (Fsp3) is 0.438. The van der Waals surface area contributed by atoms with Crippen molar-refractivity contribution in [2.45, 2.75) is 32.3 Å². The van der Waals surface area contributed by atoms with Gasteiger partial charge in [0, 0.05) is 40.6 Å². The van der Waals surface area contributed by atoms with Crippen LogP contribution in [-0.2, 0) is 4.74 Å². The predicted molar refractivity (Wildman–Crippen MR) is 86.5 cm³/mol. The molecule has 2 heterocycles. The molecule has 1 aliphatic heterocycles. The van der Waals surface area contributed by atoms with Gasteiger partial charge in [0.25, 0.3) is 0 Å². The number of hydrogen-bond donors (Lipinski definition) is 1. The van der Waals surface area contributed by atoms with Crippen molar-refractivity contribution in [3.05, 3.63) is 34.4 Å². The zero-order valence-electron chi connectivity index (χ0n) is 12.4. The summed E-state index contributed by atoms with van der Waals surface area (Å²) in [4.78, 5) is 17.0. The van der Waals surface area contributed by atoms with Gasteiger partial charge in [0.2, 0.25) is 0 Å². The maximum absolute atomic E-state index is 12.0. The molecule has 0 bridgehead atoms. The van der Waals surface area contributed by atoms with Crippen LogP contribution in [0.1, 0.15) is 32.3 Å². The summed E-state index contributed by atoms with van der Waals surface area (Å²) in [6, 6.07) is 6.23. The molecule has 0 atom stereocenters. The van der Waals surface area contributed by atoms with Crippen molar-refractivity contribution >= 4 is 32.9 Å². The number of H-pyrrole nitrogens is 1. The Hall–Kier alpha value is -1.49. The molecule has 1 aliphatic rings. The number of nitrogens with one attached hydrogen (secondary N) is 1. The van der Waals surface area contributed by atoms with Gasteiger partial charge in [-0.1, -0.05) is 22.0 Å². The first-order chi connectivity index (χ1) is 9.83. The van der Waals surface area contributed by atoms with Crippen LogP contribution < -0.4 is 0 Å². The molecule has 1 aromatic carbocycles. The number of likely N-dealkylation sites (tertiary alicyclic amines) is 1. The lowest BCUT2D eigenvalue weighted by Crippen LogP contribution is -2.50. The molecule has 0 saturated carbocycles. The van der Waals surface area contributed by atoms with Crippen molar-refractivity contribution in [2.75, 3.05) is 13.1 Å². The van der Waals surface area contributed by atoms with Gasteiger partial charge in [0.15, 0.2) is 0 Å². The van der Waals surface area contributed by atoms with Gasteiger partial charge >= 0.3 is 6.09 Å². The largest absolute Gasteiger partial charge is 0.444 e. The zero-order chi connectivity index (χ0) is 15.2. The summed E-state index contributed by atoms with van der Waals surface area (Å²) < 4.78 is 6.45. The maximum Gasteiger partial charge on any atom is 0.410 e. The summed E-state index contributed by atoms with van der Waals surface area (Å²) in [7, 11) is 0. The van der Waals surface area contributed by atoms with Gasteiger partial charge < -0.3 is 14.6 Å². The second kappa shape index (κ2) is 5.05. The number of nitrogens with zero attached hydrogens (tertiary/aromatic N) is 1. The van der Waals surface area contributed by atoms with E-state index in [1.165, 1.54) is 10.9 Å². The molecule has 21 heavy (non-hydrogen) atoms. The second-order valence-corrected chi connectivity index (χ2v) is 7.43. The van der Waals surface area contributed by atoms with E-state index in [2.05, 4.69) is 33.0 Å². The molecule has 1 N–H and O–H groups in total. The molecular weight excluding hydrogens is 332 g/mol. The van der Waals surface area contributed by atoms with E-state index in [1.54, 1.807) is 4.90 Å². The van der Waals surface area contributed by atoms with E-state index >= 15 is 0 Å². The van der Waals surface area contributed by atoms with E-state index in [-0.39, 0.29) is 6.09 Å². The van der Waals surface area contributed by atoms with Crippen LogP contribution in [0.5, 0.6) is 0 Å². The Morgan fingerprint density at radius 3 is 2.76 bits per heavy atom. The molecule has 1 aromatic heterocycles. The minimum atomic E-state index is -0.435. The number of halogens is 1. The van der Waals surface area contributed by atoms with Crippen molar-refractivity contribution in [1.29, 1.82) is 0 Å². The minimum absolute atomic E-state index is 0.221. The third-order valence-corrected chi connectivity index (χ3v) is 4.14. The van der Waals surface area contributed by atoms with Crippen molar-refractivity contribution in [1.82, 2.24) is 9.88 Å². The van der Waals surface area contributed by atoms with Gasteiger partial charge in [0.05, 0.1) is 0 Å². The third kappa shape index (κ3) is 2.93. The molecule has 1 fully saturated rings. The lowest BCUT2D eigenvalue weighted by atomic mass is 9.91. The summed E-state index contributed by atoms with van der Waals surface area (Å²) in [6.07, 6.45) is 1.83. The Labute approximate surface area is 132 Å². The molecule has 3 rings (SSSR count). The minimum Gasteiger partial charge on any atom is -0.444 e. The Kier molecular flexibility index (Phi) is 3.48. The number of fused-ring (bicyclic) bond motifs is 1. The predicted octanol–water partition coefficient (Wildman–Crippen LogP) is 4.26. The Morgan fingerprint density at radius 1 is 1.38 bits per heavy atom. The first-order valence-corrected chi connectivity index (χ1v) is 7.87. The Bertz CT molecular complexity index is 681. The Balaban J connectivity index is 1.69. The molecule has 0 spiro atoms. The van der Waals surface area contributed by atoms with Crippen molar-refractivity contribution in [3.8, 4) is 0 Å². The molecule has 0 aliphatic carbocycles. The van der Waals surface area contributed by atoms with Crippen LogP contribution in [0.25, 0.3) is 10.9 Å². The Morgan fingerprint density at radius 2 is 2.10 bits per heavy atom. The number of ether oxygens (including phenoxy) is 1. The van der Waals surface area contributed by atoms with Gasteiger partial charge in [-0.15, -0.1) is 0 Å². The highest BCUT2D eigenvalue weighted by atomic mass is 79.9. The number of hydrogen-bond acceptors (Lipinski definition) is 2. The van der Waals surface area contributed by atoms with E-state index in [9.17, 15) is 4.79 Å². The first-order valence-electron chi connectivity index (χ1n) is 7.08. The van der Waals surface area contributed by atoms with Crippen LogP contribution in [-0.4, -0.2) is 34.7 Å². The third-order valence-electron chi connectivity index (χ3n) is 3.65. The highest BCUT2D eigenvalue weighted by Gasteiger charge is 2.35. The number of amides is 1. The number of carbonyl (C=O) groups is 1. The molecule has 5 heteroatoms. The maximum atomic E-state index is 12.0. The quantitative estimate of drug-likeness (QED) is 0.834. The van der Waals surface area contributed by atoms with E-state index in [4.69, 9.17) is 4.74 Å². The standard InChI is InChI=1S/C16H19BrN2O2/c1-16(2,3)21-15(20)19-8-10(9-19)13-7-18-14-6-11(17)4-5-12(13)14/h4-7,10,18H,8-9H2,1-3H3. The van der Waals surface area contributed by atoms with Crippen molar-refractivity contribution < 1.29 is 9.53 Å². The summed E-state index contributed by atoms with van der Waals surface area (Å²) in [5.74, 6) is 0.382. The lowest BCUT2D eigenvalue weighted by Gasteiger charge is -2.39. The van der Waals surface area contributed by atoms with E-state index < -0.39 is 5.60 Å². The fourth-order valence-electron chi connectivity index (χ4n) is 2.61. The lowest BCUT2D eigenvalue weighted by molar-refractivity contribution is 0.00830. The summed E-state index contributed by atoms with van der Waals surface area (Å²) in [5, 5.41) is 1.23. The number of carbonyl (C=O) groups excluding carboxylic acids is 1. The van der Waals surface area contributed by atoms with Gasteiger partial charge in [-0.2, -0.15) is 0 Å². The van der Waals surface area contributed by atoms with Crippen LogP contribution in [0.4, 0.5) is 4.79 Å². The molecule has 0 unspecified atom stereocenters. The summed E-state index contributed by atoms with van der Waals surface area (Å²) in [6.45, 7) is 7.11. The van der Waals surface area contributed by atoms with Crippen LogP contribution in [0.3, 0.4) is 0 Å². The van der Waals surface area contributed by atoms with E-state index in [0.717, 1.165) is 23.1 Å². The normalized spacial score (nSPS) is 16.1. The molecule has 1 saturated heterocycles.